The Balaban J connectivity index is 0.000000173. The second-order valence-electron chi connectivity index (χ2n) is 24.8. The van der Waals surface area contributed by atoms with Crippen molar-refractivity contribution in [2.24, 2.45) is 0 Å². The van der Waals surface area contributed by atoms with Crippen molar-refractivity contribution in [2.45, 2.75) is 126 Å². The minimum Gasteiger partial charge on any atom is -0.462 e. The van der Waals surface area contributed by atoms with Gasteiger partial charge in [0.05, 0.1) is 46.6 Å². The van der Waals surface area contributed by atoms with Crippen molar-refractivity contribution < 1.29 is 66.8 Å². The van der Waals surface area contributed by atoms with Gasteiger partial charge in [-0.25, -0.2) is 28.8 Å². The minimum atomic E-state index is -0.470. The molecule has 3 aliphatic rings. The van der Waals surface area contributed by atoms with Crippen molar-refractivity contribution in [2.75, 3.05) is 59.1 Å². The van der Waals surface area contributed by atoms with E-state index in [4.69, 9.17) is 74.3 Å². The molecule has 3 saturated carbocycles. The van der Waals surface area contributed by atoms with Gasteiger partial charge < -0.3 is 84.9 Å². The topological polar surface area (TPSA) is 424 Å². The lowest BCUT2D eigenvalue weighted by Gasteiger charge is -2.33. The number of carbonyl (C=O) groups excluding carboxylic acids is 8. The van der Waals surface area contributed by atoms with E-state index in [1.807, 2.05) is 0 Å². The third-order valence-corrected chi connectivity index (χ3v) is 16.8. The number of esters is 6. The van der Waals surface area contributed by atoms with E-state index in [1.54, 1.807) is 194 Å². The van der Waals surface area contributed by atoms with Crippen LogP contribution in [0.2, 0.25) is 0 Å². The normalized spacial score (nSPS) is 17.3. The monoisotopic (exact) mass is 1390 g/mol. The van der Waals surface area contributed by atoms with E-state index in [0.717, 1.165) is 51.4 Å². The molecule has 11 rings (SSSR count). The zero-order chi connectivity index (χ0) is 72.9. The molecule has 6 atom stereocenters. The first-order chi connectivity index (χ1) is 49.1. The zero-order valence-electron chi connectivity index (χ0n) is 56.6. The standard InChI is InChI=1S/C20H24N4O2.2C20H22N2O4.C18H20N2O4/c21-15-7-3-5-13(11-15)19(25)23-17-9-1-2-10-18(17)24-20(26)14-6-4-8-16(22)12-14;21-15-7-3-5-13(11-15)19(23)25-17-9-1-2-10-18(17)26-20(24)14-6-4-8-16(22)12-14;21-15-9-5-13(6-10-15)19(23)25-17-3-1-2-4-18(17)26-20(24)14-7-11-16(22)12-8-14;19-15-7-3-13(4-8-15)17(21)23-11-1-2-12-24-18(22)14-5-9-16(20)10-6-14/h3-8,11-12,17-18H,1-2,9-10,21-22H2,(H,23,25)(H,24,26);3-8,11-12,17-18H,1-2,9-10,21-22H2;5-12,17-18H,1-4,21-22H2;3-10H,1-2,11-12,19-20H2/t17-,18-;;;/m1.../s1. The van der Waals surface area contributed by atoms with Crippen molar-refractivity contribution in [3.63, 3.8) is 0 Å². The molecule has 24 heteroatoms. The van der Waals surface area contributed by atoms with Crippen LogP contribution in [0.25, 0.3) is 0 Å². The van der Waals surface area contributed by atoms with E-state index in [2.05, 4.69) is 10.6 Å². The first kappa shape index (κ1) is 75.7. The maximum atomic E-state index is 12.5. The molecule has 0 aromatic heterocycles. The molecular weight excluding hydrogens is 1300 g/mol. The number of nitrogens with one attached hydrogen (secondary N) is 2. The summed E-state index contributed by atoms with van der Waals surface area (Å²) in [4.78, 5) is 98.0. The molecular formula is C78H88N10O14. The molecule has 24 nitrogen and oxygen atoms in total. The number of benzene rings is 8. The third-order valence-electron chi connectivity index (χ3n) is 16.8. The smallest absolute Gasteiger partial charge is 0.338 e. The summed E-state index contributed by atoms with van der Waals surface area (Å²) in [5.41, 5.74) is 53.3. The van der Waals surface area contributed by atoms with Crippen molar-refractivity contribution in [3.8, 4) is 0 Å². The van der Waals surface area contributed by atoms with Crippen LogP contribution in [0.3, 0.4) is 0 Å². The SMILES string of the molecule is Nc1ccc(C(=O)OC2CCCCC2OC(=O)c2ccc(N)cc2)cc1.Nc1ccc(C(=O)OCCCCOC(=O)c2ccc(N)cc2)cc1.Nc1cccc(C(=O)N[C@@H]2CCCC[C@H]2NC(=O)c2cccc(N)c2)c1.Nc1cccc(C(=O)OC2CCCCC2OC(=O)c2cccc(N)c2)c1. The van der Waals surface area contributed by atoms with Gasteiger partial charge in [-0.2, -0.15) is 0 Å². The fraction of sp³-hybridized carbons (Fsp3) is 0.282. The van der Waals surface area contributed by atoms with E-state index in [0.29, 0.717) is 129 Å². The number of nitrogens with two attached hydrogens (primary N) is 8. The number of rotatable bonds is 19. The molecule has 3 aliphatic carbocycles. The lowest BCUT2D eigenvalue weighted by molar-refractivity contribution is -0.0514. The van der Waals surface area contributed by atoms with Crippen molar-refractivity contribution >= 4 is 93.1 Å². The van der Waals surface area contributed by atoms with Gasteiger partial charge in [-0.1, -0.05) is 37.1 Å². The molecule has 2 amide bonds. The Morgan fingerprint density at radius 3 is 0.784 bits per heavy atom. The van der Waals surface area contributed by atoms with Gasteiger partial charge in [-0.15, -0.1) is 0 Å². The first-order valence-electron chi connectivity index (χ1n) is 33.8. The number of amides is 2. The molecule has 0 spiro atoms. The van der Waals surface area contributed by atoms with Gasteiger partial charge in [-0.3, -0.25) is 9.59 Å². The lowest BCUT2D eigenvalue weighted by Crippen LogP contribution is -2.53. The predicted octanol–water partition coefficient (Wildman–Crippen LogP) is 11.3. The van der Waals surface area contributed by atoms with Gasteiger partial charge in [0.15, 0.2) is 0 Å². The fourth-order valence-electron chi connectivity index (χ4n) is 11.3. The second-order valence-corrected chi connectivity index (χ2v) is 24.8. The van der Waals surface area contributed by atoms with E-state index >= 15 is 0 Å². The Hall–Kier alpha value is -12.1. The van der Waals surface area contributed by atoms with Crippen molar-refractivity contribution in [1.29, 1.82) is 0 Å². The van der Waals surface area contributed by atoms with Crippen LogP contribution in [-0.2, 0) is 28.4 Å². The van der Waals surface area contributed by atoms with Gasteiger partial charge in [0, 0.05) is 68.7 Å². The Labute approximate surface area is 592 Å². The van der Waals surface area contributed by atoms with E-state index in [9.17, 15) is 38.4 Å². The van der Waals surface area contributed by atoms with Gasteiger partial charge >= 0.3 is 35.8 Å². The molecule has 18 N–H and O–H groups in total. The minimum absolute atomic E-state index is 0.109. The van der Waals surface area contributed by atoms with Crippen molar-refractivity contribution in [3.05, 3.63) is 239 Å². The highest BCUT2D eigenvalue weighted by atomic mass is 16.6. The molecule has 0 heterocycles. The maximum absolute atomic E-state index is 12.5. The number of nitrogen functional groups attached to an aromatic ring is 8. The molecule has 0 aliphatic heterocycles. The Bertz CT molecular complexity index is 3720. The number of unbranched alkanes of at least 4 members (excludes halogenated alkanes) is 1. The van der Waals surface area contributed by atoms with Crippen LogP contribution in [0, 0.1) is 0 Å². The van der Waals surface area contributed by atoms with E-state index in [1.165, 1.54) is 0 Å². The molecule has 8 aromatic carbocycles. The zero-order valence-corrected chi connectivity index (χ0v) is 56.6. The average molecular weight is 1390 g/mol. The molecule has 0 radical (unpaired) electrons. The third kappa shape index (κ3) is 24.1. The number of ether oxygens (including phenoxy) is 6. The summed E-state index contributed by atoms with van der Waals surface area (Å²) in [5.74, 6) is -2.94. The second kappa shape index (κ2) is 38.3. The maximum Gasteiger partial charge on any atom is 0.338 e. The highest BCUT2D eigenvalue weighted by Gasteiger charge is 2.34. The number of carbonyl (C=O) groups is 8. The summed E-state index contributed by atoms with van der Waals surface area (Å²) in [5, 5.41) is 6.09. The largest absolute Gasteiger partial charge is 0.462 e. The van der Waals surface area contributed by atoms with Crippen LogP contribution in [-0.4, -0.2) is 97.3 Å². The molecule has 0 bridgehead atoms. The van der Waals surface area contributed by atoms with Crippen LogP contribution in [0.4, 0.5) is 45.5 Å². The van der Waals surface area contributed by atoms with Crippen LogP contribution in [0.1, 0.15) is 173 Å². The number of hydrogen-bond donors (Lipinski definition) is 10. The van der Waals surface area contributed by atoms with Crippen molar-refractivity contribution in [1.82, 2.24) is 10.6 Å². The summed E-state index contributed by atoms with van der Waals surface area (Å²) in [6, 6.07) is 52.9. The van der Waals surface area contributed by atoms with Gasteiger partial charge in [0.25, 0.3) is 11.8 Å². The molecule has 8 aromatic rings. The molecule has 0 saturated heterocycles. The number of hydrogen-bond acceptors (Lipinski definition) is 22. The van der Waals surface area contributed by atoms with Gasteiger partial charge in [-0.05, 0) is 247 Å². The summed E-state index contributed by atoms with van der Waals surface area (Å²) in [6.45, 7) is 0.533. The average Bonchev–Trinajstić information content (AvgIpc) is 0.852. The summed E-state index contributed by atoms with van der Waals surface area (Å²) < 4.78 is 32.7. The number of anilines is 8. The fourth-order valence-corrected chi connectivity index (χ4v) is 11.3. The lowest BCUT2D eigenvalue weighted by atomic mass is 9.89. The Morgan fingerprint density at radius 1 is 0.275 bits per heavy atom. The summed E-state index contributed by atoms with van der Waals surface area (Å²) in [6.07, 6.45) is 9.40. The molecule has 3 fully saturated rings. The quantitative estimate of drug-likeness (QED) is 0.0156. The highest BCUT2D eigenvalue weighted by molar-refractivity contribution is 5.97. The van der Waals surface area contributed by atoms with E-state index in [-0.39, 0.29) is 37.1 Å². The van der Waals surface area contributed by atoms with Gasteiger partial charge in [0.1, 0.15) is 24.4 Å². The van der Waals surface area contributed by atoms with Crippen LogP contribution in [0.5, 0.6) is 0 Å². The van der Waals surface area contributed by atoms with Crippen LogP contribution >= 0.6 is 0 Å². The first-order valence-corrected chi connectivity index (χ1v) is 33.8. The van der Waals surface area contributed by atoms with E-state index < -0.39 is 60.2 Å². The summed E-state index contributed by atoms with van der Waals surface area (Å²) in [7, 11) is 0. The highest BCUT2D eigenvalue weighted by Crippen LogP contribution is 2.29. The molecule has 4 unspecified atom stereocenters. The predicted molar refractivity (Wildman–Crippen MR) is 391 cm³/mol. The molecule has 102 heavy (non-hydrogen) atoms. The Morgan fingerprint density at radius 2 is 0.510 bits per heavy atom. The summed E-state index contributed by atoms with van der Waals surface area (Å²) >= 11 is 0. The van der Waals surface area contributed by atoms with Crippen LogP contribution in [0.15, 0.2) is 194 Å². The van der Waals surface area contributed by atoms with Gasteiger partial charge in [0.2, 0.25) is 0 Å². The van der Waals surface area contributed by atoms with Crippen LogP contribution < -0.4 is 56.5 Å². The Kier molecular flexibility index (Phi) is 28.4. The molecule has 534 valence electrons.